The largest absolute Gasteiger partial charge is 0.392 e. The van der Waals surface area contributed by atoms with Crippen molar-refractivity contribution in [2.24, 2.45) is 0 Å². The molecule has 0 bridgehead atoms. The number of hydrogen-bond acceptors (Lipinski definition) is 4. The fraction of sp³-hybridized carbons (Fsp3) is 0.222. The predicted octanol–water partition coefficient (Wildman–Crippen LogP) is 2.93. The van der Waals surface area contributed by atoms with Gasteiger partial charge in [-0.2, -0.15) is 11.8 Å². The SMILES string of the molecule is Cc1cccc2nc(CSCc3ccc(CO)cc3)cc(=O)n12. The summed E-state index contributed by atoms with van der Waals surface area (Å²) in [6, 6.07) is 15.2. The topological polar surface area (TPSA) is 54.6 Å². The Morgan fingerprint density at radius 3 is 2.57 bits per heavy atom. The van der Waals surface area contributed by atoms with Crippen molar-refractivity contribution >= 4 is 17.4 Å². The van der Waals surface area contributed by atoms with Gasteiger partial charge in [0.05, 0.1) is 12.3 Å². The van der Waals surface area contributed by atoms with Gasteiger partial charge in [0.15, 0.2) is 0 Å². The molecule has 0 atom stereocenters. The number of hydrogen-bond donors (Lipinski definition) is 1. The van der Waals surface area contributed by atoms with Crippen molar-refractivity contribution in [3.05, 3.63) is 81.4 Å². The summed E-state index contributed by atoms with van der Waals surface area (Å²) in [7, 11) is 0. The first-order valence-corrected chi connectivity index (χ1v) is 8.57. The smallest absolute Gasteiger partial charge is 0.258 e. The quantitative estimate of drug-likeness (QED) is 0.783. The summed E-state index contributed by atoms with van der Waals surface area (Å²) in [6.07, 6.45) is 0. The lowest BCUT2D eigenvalue weighted by Gasteiger charge is -2.07. The number of aryl methyl sites for hydroxylation is 1. The molecule has 0 saturated carbocycles. The molecule has 118 valence electrons. The highest BCUT2D eigenvalue weighted by Gasteiger charge is 2.04. The first kappa shape index (κ1) is 15.8. The van der Waals surface area contributed by atoms with Gasteiger partial charge in [-0.15, -0.1) is 0 Å². The van der Waals surface area contributed by atoms with Crippen molar-refractivity contribution < 1.29 is 5.11 Å². The second-order valence-electron chi connectivity index (χ2n) is 5.41. The van der Waals surface area contributed by atoms with Crippen molar-refractivity contribution in [1.82, 2.24) is 9.38 Å². The molecule has 3 rings (SSSR count). The van der Waals surface area contributed by atoms with Gasteiger partial charge in [0, 0.05) is 23.3 Å². The van der Waals surface area contributed by atoms with Crippen LogP contribution in [0.1, 0.15) is 22.5 Å². The molecule has 0 amide bonds. The number of pyridine rings is 1. The second-order valence-corrected chi connectivity index (χ2v) is 6.40. The zero-order chi connectivity index (χ0) is 16.2. The van der Waals surface area contributed by atoms with Gasteiger partial charge in [0.2, 0.25) is 0 Å². The van der Waals surface area contributed by atoms with E-state index in [4.69, 9.17) is 5.11 Å². The van der Waals surface area contributed by atoms with Gasteiger partial charge in [-0.1, -0.05) is 30.3 Å². The average molecular weight is 326 g/mol. The van der Waals surface area contributed by atoms with Crippen LogP contribution in [0.3, 0.4) is 0 Å². The highest BCUT2D eigenvalue weighted by atomic mass is 32.2. The Kier molecular flexibility index (Phi) is 4.79. The lowest BCUT2D eigenvalue weighted by Crippen LogP contribution is -2.17. The van der Waals surface area contributed by atoms with Crippen LogP contribution in [0.25, 0.3) is 5.65 Å². The van der Waals surface area contributed by atoms with Crippen LogP contribution in [0.5, 0.6) is 0 Å². The van der Waals surface area contributed by atoms with E-state index in [2.05, 4.69) is 4.98 Å². The van der Waals surface area contributed by atoms with Gasteiger partial charge in [-0.05, 0) is 30.2 Å². The van der Waals surface area contributed by atoms with Gasteiger partial charge >= 0.3 is 0 Å². The van der Waals surface area contributed by atoms with E-state index in [1.807, 2.05) is 49.4 Å². The molecular weight excluding hydrogens is 308 g/mol. The Bertz CT molecular complexity index is 872. The molecule has 0 spiro atoms. The third-order valence-corrected chi connectivity index (χ3v) is 4.69. The molecule has 0 unspecified atom stereocenters. The first-order chi connectivity index (χ1) is 11.2. The van der Waals surface area contributed by atoms with E-state index in [1.165, 1.54) is 5.56 Å². The summed E-state index contributed by atoms with van der Waals surface area (Å²) in [4.78, 5) is 16.8. The van der Waals surface area contributed by atoms with Crippen molar-refractivity contribution in [1.29, 1.82) is 0 Å². The summed E-state index contributed by atoms with van der Waals surface area (Å²) in [5.41, 5.74) is 4.47. The van der Waals surface area contributed by atoms with Crippen LogP contribution in [-0.2, 0) is 18.1 Å². The number of aliphatic hydroxyl groups excluding tert-OH is 1. The second kappa shape index (κ2) is 6.98. The molecule has 0 aliphatic carbocycles. The molecule has 0 fully saturated rings. The minimum absolute atomic E-state index is 0.0315. The number of fused-ring (bicyclic) bond motifs is 1. The number of aliphatic hydroxyl groups is 1. The van der Waals surface area contributed by atoms with Gasteiger partial charge in [-0.25, -0.2) is 4.98 Å². The summed E-state index contributed by atoms with van der Waals surface area (Å²) in [5.74, 6) is 1.54. The summed E-state index contributed by atoms with van der Waals surface area (Å²) in [6.45, 7) is 1.97. The van der Waals surface area contributed by atoms with E-state index >= 15 is 0 Å². The summed E-state index contributed by atoms with van der Waals surface area (Å²) in [5, 5.41) is 9.04. The Labute approximate surface area is 138 Å². The Hall–Kier alpha value is -2.11. The molecule has 0 saturated heterocycles. The summed E-state index contributed by atoms with van der Waals surface area (Å²) >= 11 is 1.72. The molecule has 23 heavy (non-hydrogen) atoms. The third-order valence-electron chi connectivity index (χ3n) is 3.66. The minimum Gasteiger partial charge on any atom is -0.392 e. The van der Waals surface area contributed by atoms with E-state index in [9.17, 15) is 4.79 Å². The van der Waals surface area contributed by atoms with Crippen LogP contribution >= 0.6 is 11.8 Å². The monoisotopic (exact) mass is 326 g/mol. The minimum atomic E-state index is -0.0315. The fourth-order valence-electron chi connectivity index (χ4n) is 2.45. The highest BCUT2D eigenvalue weighted by molar-refractivity contribution is 7.97. The highest BCUT2D eigenvalue weighted by Crippen LogP contribution is 2.17. The average Bonchev–Trinajstić information content (AvgIpc) is 2.55. The van der Waals surface area contributed by atoms with Crippen molar-refractivity contribution in [3.63, 3.8) is 0 Å². The van der Waals surface area contributed by atoms with E-state index in [-0.39, 0.29) is 12.2 Å². The number of thioether (sulfide) groups is 1. The fourth-order valence-corrected chi connectivity index (χ4v) is 3.34. The van der Waals surface area contributed by atoms with Crippen LogP contribution in [-0.4, -0.2) is 14.5 Å². The van der Waals surface area contributed by atoms with Crippen LogP contribution in [0.2, 0.25) is 0 Å². The molecule has 1 N–H and O–H groups in total. The molecule has 2 aromatic heterocycles. The Morgan fingerprint density at radius 2 is 1.83 bits per heavy atom. The van der Waals surface area contributed by atoms with Crippen molar-refractivity contribution in [2.75, 3.05) is 0 Å². The number of benzene rings is 1. The molecule has 4 nitrogen and oxygen atoms in total. The molecule has 0 radical (unpaired) electrons. The van der Waals surface area contributed by atoms with E-state index < -0.39 is 0 Å². The van der Waals surface area contributed by atoms with Crippen molar-refractivity contribution in [2.45, 2.75) is 25.0 Å². The van der Waals surface area contributed by atoms with E-state index in [0.29, 0.717) is 11.4 Å². The maximum absolute atomic E-state index is 12.2. The number of nitrogens with zero attached hydrogens (tertiary/aromatic N) is 2. The molecule has 1 aromatic carbocycles. The summed E-state index contributed by atoms with van der Waals surface area (Å²) < 4.78 is 1.63. The van der Waals surface area contributed by atoms with E-state index in [0.717, 1.165) is 22.7 Å². The predicted molar refractivity (Wildman–Crippen MR) is 93.6 cm³/mol. The first-order valence-electron chi connectivity index (χ1n) is 7.42. The number of rotatable bonds is 5. The normalized spacial score (nSPS) is 11.0. The van der Waals surface area contributed by atoms with Crippen LogP contribution in [0.15, 0.2) is 53.3 Å². The van der Waals surface area contributed by atoms with Gasteiger partial charge in [0.25, 0.3) is 5.56 Å². The van der Waals surface area contributed by atoms with E-state index in [1.54, 1.807) is 22.2 Å². The van der Waals surface area contributed by atoms with Crippen molar-refractivity contribution in [3.8, 4) is 0 Å². The molecule has 0 aliphatic heterocycles. The van der Waals surface area contributed by atoms with Crippen LogP contribution in [0.4, 0.5) is 0 Å². The van der Waals surface area contributed by atoms with Crippen LogP contribution < -0.4 is 5.56 Å². The third kappa shape index (κ3) is 3.63. The Morgan fingerprint density at radius 1 is 1.09 bits per heavy atom. The maximum Gasteiger partial charge on any atom is 0.258 e. The lowest BCUT2D eigenvalue weighted by atomic mass is 10.2. The zero-order valence-corrected chi connectivity index (χ0v) is 13.7. The van der Waals surface area contributed by atoms with Crippen LogP contribution in [0, 0.1) is 6.92 Å². The molecule has 5 heteroatoms. The Balaban J connectivity index is 1.70. The molecule has 0 aliphatic rings. The standard InChI is InChI=1S/C18H18N2O2S/c1-13-3-2-4-17-19-16(9-18(22)20(13)17)12-23-11-15-7-5-14(10-21)6-8-15/h2-9,21H,10-12H2,1H3. The van der Waals surface area contributed by atoms with Gasteiger partial charge < -0.3 is 5.11 Å². The zero-order valence-electron chi connectivity index (χ0n) is 12.9. The lowest BCUT2D eigenvalue weighted by molar-refractivity contribution is 0.282. The maximum atomic E-state index is 12.2. The van der Waals surface area contributed by atoms with Gasteiger partial charge in [-0.3, -0.25) is 9.20 Å². The molecular formula is C18H18N2O2S. The number of aromatic nitrogens is 2. The molecule has 3 aromatic rings. The molecule has 2 heterocycles. The van der Waals surface area contributed by atoms with Gasteiger partial charge in [0.1, 0.15) is 5.65 Å².